The topological polar surface area (TPSA) is 54.4 Å². The second-order valence-electron chi connectivity index (χ2n) is 12.5. The Balaban J connectivity index is 1.47. The van der Waals surface area contributed by atoms with Gasteiger partial charge in [-0.05, 0) is 98.2 Å². The van der Waals surface area contributed by atoms with Crippen molar-refractivity contribution in [1.29, 1.82) is 0 Å². The smallest absolute Gasteiger partial charge is 0.136 e. The molecule has 0 amide bonds. The minimum absolute atomic E-state index is 0.135. The molecular formula is C28H44O3. The number of aliphatic hydroxyl groups is 1. The van der Waals surface area contributed by atoms with E-state index in [0.717, 1.165) is 24.8 Å². The summed E-state index contributed by atoms with van der Waals surface area (Å²) in [5, 5.41) is 11.1. The van der Waals surface area contributed by atoms with Crippen LogP contribution in [0.2, 0.25) is 0 Å². The summed E-state index contributed by atoms with van der Waals surface area (Å²) in [6, 6.07) is 0. The van der Waals surface area contributed by atoms with Gasteiger partial charge in [-0.2, -0.15) is 0 Å². The van der Waals surface area contributed by atoms with E-state index in [1.165, 1.54) is 25.7 Å². The van der Waals surface area contributed by atoms with Gasteiger partial charge in [-0.25, -0.2) is 0 Å². The zero-order valence-corrected chi connectivity index (χ0v) is 20.3. The number of ketones is 2. The molecular weight excluding hydrogens is 384 g/mol. The van der Waals surface area contributed by atoms with Gasteiger partial charge in [0, 0.05) is 25.7 Å². The second kappa shape index (κ2) is 8.43. The van der Waals surface area contributed by atoms with Gasteiger partial charge < -0.3 is 5.11 Å². The lowest BCUT2D eigenvalue weighted by molar-refractivity contribution is -0.166. The Kier molecular flexibility index (Phi) is 6.31. The maximum Gasteiger partial charge on any atom is 0.136 e. The molecule has 0 bridgehead atoms. The van der Waals surface area contributed by atoms with Crippen molar-refractivity contribution in [3.63, 3.8) is 0 Å². The molecule has 0 saturated heterocycles. The van der Waals surface area contributed by atoms with Gasteiger partial charge in [-0.1, -0.05) is 32.9 Å². The number of hydrogen-bond donors (Lipinski definition) is 1. The molecule has 0 aromatic heterocycles. The number of hydrogen-bond acceptors (Lipinski definition) is 3. The van der Waals surface area contributed by atoms with Crippen molar-refractivity contribution in [2.24, 2.45) is 46.3 Å². The Morgan fingerprint density at radius 3 is 2.55 bits per heavy atom. The molecule has 4 aliphatic rings. The van der Waals surface area contributed by atoms with Crippen LogP contribution in [0.15, 0.2) is 12.2 Å². The standard InChI is InChI=1S/C28H44O3/c1-17(2)14-19(29)7-6-18(3)22-8-9-23-21-16-26(31)25-15-20(30)10-12-28(25,5)24(21)11-13-27(22,23)4/h18,21-26,31H,1,6-16H2,2-5H3/t18?,21?,22?,23?,24?,25-,26-,27?,28?/m0/s1. The third-order valence-corrected chi connectivity index (χ3v) is 10.6. The second-order valence-corrected chi connectivity index (χ2v) is 12.5. The lowest BCUT2D eigenvalue weighted by atomic mass is 9.44. The van der Waals surface area contributed by atoms with Crippen LogP contribution in [0.1, 0.15) is 98.3 Å². The molecule has 3 heteroatoms. The van der Waals surface area contributed by atoms with Crippen LogP contribution in [0.4, 0.5) is 0 Å². The third kappa shape index (κ3) is 3.98. The van der Waals surface area contributed by atoms with Gasteiger partial charge in [0.2, 0.25) is 0 Å². The van der Waals surface area contributed by atoms with Gasteiger partial charge in [0.05, 0.1) is 6.10 Å². The van der Waals surface area contributed by atoms with Crippen molar-refractivity contribution in [1.82, 2.24) is 0 Å². The average Bonchev–Trinajstić information content (AvgIpc) is 3.04. The number of allylic oxidation sites excluding steroid dienone is 1. The Hall–Kier alpha value is -0.960. The molecule has 4 rings (SSSR count). The van der Waals surface area contributed by atoms with Crippen LogP contribution in [0.5, 0.6) is 0 Å². The van der Waals surface area contributed by atoms with Crippen LogP contribution in [0.3, 0.4) is 0 Å². The van der Waals surface area contributed by atoms with E-state index in [1.807, 2.05) is 6.92 Å². The van der Waals surface area contributed by atoms with E-state index in [1.54, 1.807) is 0 Å². The Bertz CT molecular complexity index is 741. The van der Waals surface area contributed by atoms with Crippen molar-refractivity contribution in [3.8, 4) is 0 Å². The predicted molar refractivity (Wildman–Crippen MR) is 124 cm³/mol. The first kappa shape index (κ1) is 23.2. The number of fused-ring (bicyclic) bond motifs is 5. The maximum atomic E-state index is 12.2. The Morgan fingerprint density at radius 2 is 1.84 bits per heavy atom. The van der Waals surface area contributed by atoms with Crippen LogP contribution < -0.4 is 0 Å². The molecule has 7 unspecified atom stereocenters. The summed E-state index contributed by atoms with van der Waals surface area (Å²) in [6.45, 7) is 13.1. The van der Waals surface area contributed by atoms with Crippen molar-refractivity contribution < 1.29 is 14.7 Å². The van der Waals surface area contributed by atoms with Crippen LogP contribution in [-0.2, 0) is 9.59 Å². The average molecular weight is 429 g/mol. The molecule has 0 aromatic carbocycles. The van der Waals surface area contributed by atoms with E-state index in [-0.39, 0.29) is 17.4 Å². The number of carbonyl (C=O) groups is 2. The normalized spacial score (nSPS) is 45.4. The van der Waals surface area contributed by atoms with E-state index in [4.69, 9.17) is 0 Å². The van der Waals surface area contributed by atoms with E-state index in [0.29, 0.717) is 72.3 Å². The van der Waals surface area contributed by atoms with Crippen LogP contribution in [0.25, 0.3) is 0 Å². The summed E-state index contributed by atoms with van der Waals surface area (Å²) in [7, 11) is 0. The zero-order chi connectivity index (χ0) is 22.6. The number of rotatable bonds is 6. The van der Waals surface area contributed by atoms with E-state index < -0.39 is 0 Å². The molecule has 174 valence electrons. The summed E-state index contributed by atoms with van der Waals surface area (Å²) in [4.78, 5) is 24.4. The molecule has 1 N–H and O–H groups in total. The minimum Gasteiger partial charge on any atom is -0.393 e. The summed E-state index contributed by atoms with van der Waals surface area (Å²) < 4.78 is 0. The largest absolute Gasteiger partial charge is 0.393 e. The van der Waals surface area contributed by atoms with Gasteiger partial charge in [0.1, 0.15) is 11.6 Å². The quantitative estimate of drug-likeness (QED) is 0.517. The molecule has 0 spiro atoms. The van der Waals surface area contributed by atoms with Gasteiger partial charge in [0.15, 0.2) is 0 Å². The molecule has 31 heavy (non-hydrogen) atoms. The highest BCUT2D eigenvalue weighted by Gasteiger charge is 2.62. The number of aliphatic hydroxyl groups excluding tert-OH is 1. The van der Waals surface area contributed by atoms with Crippen molar-refractivity contribution in [3.05, 3.63) is 12.2 Å². The molecule has 0 aliphatic heterocycles. The summed E-state index contributed by atoms with van der Waals surface area (Å²) in [6.07, 6.45) is 10.2. The van der Waals surface area contributed by atoms with Crippen LogP contribution in [-0.4, -0.2) is 22.8 Å². The van der Waals surface area contributed by atoms with E-state index in [2.05, 4.69) is 27.4 Å². The summed E-state index contributed by atoms with van der Waals surface area (Å²) in [5.74, 6) is 4.09. The molecule has 4 fully saturated rings. The summed E-state index contributed by atoms with van der Waals surface area (Å²) in [5.41, 5.74) is 1.44. The first-order valence-corrected chi connectivity index (χ1v) is 12.9. The fraction of sp³-hybridized carbons (Fsp3) is 0.857. The molecule has 9 atom stereocenters. The van der Waals surface area contributed by atoms with E-state index >= 15 is 0 Å². The fourth-order valence-corrected chi connectivity index (χ4v) is 9.08. The minimum atomic E-state index is -0.311. The lowest BCUT2D eigenvalue weighted by Gasteiger charge is -2.61. The fourth-order valence-electron chi connectivity index (χ4n) is 9.08. The van der Waals surface area contributed by atoms with Gasteiger partial charge in [-0.3, -0.25) is 9.59 Å². The van der Waals surface area contributed by atoms with Crippen molar-refractivity contribution >= 4 is 11.6 Å². The van der Waals surface area contributed by atoms with E-state index in [9.17, 15) is 14.7 Å². The Morgan fingerprint density at radius 1 is 1.13 bits per heavy atom. The van der Waals surface area contributed by atoms with Crippen molar-refractivity contribution in [2.45, 2.75) is 104 Å². The van der Waals surface area contributed by atoms with Gasteiger partial charge in [0.25, 0.3) is 0 Å². The SMILES string of the molecule is C=C(C)CC(=O)CCC(C)C1CCC2C3C[C@H](O)[C@@H]4CC(=O)CCC4(C)C3CCC12C. The molecule has 0 aromatic rings. The highest BCUT2D eigenvalue weighted by atomic mass is 16.3. The Labute approximate surface area is 189 Å². The molecule has 4 saturated carbocycles. The lowest BCUT2D eigenvalue weighted by Crippen LogP contribution is -2.58. The zero-order valence-electron chi connectivity index (χ0n) is 20.3. The third-order valence-electron chi connectivity index (χ3n) is 10.6. The first-order valence-electron chi connectivity index (χ1n) is 12.9. The molecule has 4 aliphatic carbocycles. The van der Waals surface area contributed by atoms with Crippen molar-refractivity contribution in [2.75, 3.05) is 0 Å². The number of Topliss-reactive ketones (excluding diaryl/α,β-unsaturated/α-hetero) is 2. The number of carbonyl (C=O) groups excluding carboxylic acids is 2. The van der Waals surface area contributed by atoms with Crippen LogP contribution >= 0.6 is 0 Å². The molecule has 0 heterocycles. The predicted octanol–water partition coefficient (Wildman–Crippen LogP) is 6.14. The monoisotopic (exact) mass is 428 g/mol. The van der Waals surface area contributed by atoms with Gasteiger partial charge >= 0.3 is 0 Å². The molecule has 0 radical (unpaired) electrons. The summed E-state index contributed by atoms with van der Waals surface area (Å²) >= 11 is 0. The van der Waals surface area contributed by atoms with Gasteiger partial charge in [-0.15, -0.1) is 0 Å². The molecule has 3 nitrogen and oxygen atoms in total. The highest BCUT2D eigenvalue weighted by molar-refractivity contribution is 5.80. The maximum absolute atomic E-state index is 12.2. The van der Waals surface area contributed by atoms with Crippen LogP contribution in [0, 0.1) is 46.3 Å². The first-order chi connectivity index (χ1) is 14.6. The highest BCUT2D eigenvalue weighted by Crippen LogP contribution is 2.68.